The molecule has 10 heterocycles. The molecule has 0 bridgehead atoms. The topological polar surface area (TPSA) is 0 Å². The van der Waals surface area contributed by atoms with Gasteiger partial charge < -0.3 is 0 Å². The van der Waals surface area contributed by atoms with Crippen molar-refractivity contribution in [3.05, 3.63) is 29.8 Å². The van der Waals surface area contributed by atoms with Crippen molar-refractivity contribution in [2.75, 3.05) is 0 Å². The van der Waals surface area contributed by atoms with Crippen LogP contribution in [-0.4, -0.2) is 4.05 Å². The van der Waals surface area contributed by atoms with Gasteiger partial charge in [0, 0.05) is 0 Å². The predicted molar refractivity (Wildman–Crippen MR) is 85.0 cm³/mol. The summed E-state index contributed by atoms with van der Waals surface area (Å²) in [6.45, 7) is 1.99. The maximum atomic E-state index is 2.53. The van der Waals surface area contributed by atoms with E-state index in [4.69, 9.17) is 0 Å². The maximum absolute atomic E-state index is 2.82. The fraction of sp³-hybridized carbons (Fsp3) is 0.684. The molecule has 0 amide bonds. The summed E-state index contributed by atoms with van der Waals surface area (Å²) in [7, 11) is 1.27. The molecule has 10 fully saturated rings. The van der Waals surface area contributed by atoms with Gasteiger partial charge in [0.15, 0.2) is 0 Å². The number of hydrogen-bond donors (Lipinski definition) is 0. The van der Waals surface area contributed by atoms with Crippen molar-refractivity contribution in [1.82, 2.24) is 0 Å². The summed E-state index contributed by atoms with van der Waals surface area (Å²) in [6.07, 6.45) is 0. The number of hydrogen-bond acceptors (Lipinski definition) is 0. The Kier molecular flexibility index (Phi) is 0.368. The Hall–Kier alpha value is 0.169. The molecule has 0 radical (unpaired) electrons. The van der Waals surface area contributed by atoms with E-state index in [9.17, 15) is 0 Å². The van der Waals surface area contributed by atoms with Crippen molar-refractivity contribution in [2.45, 2.75) is 67.2 Å². The van der Waals surface area contributed by atoms with Crippen molar-refractivity contribution in [3.63, 3.8) is 0 Å². The number of benzene rings is 1. The Morgan fingerprint density at radius 3 is 1.90 bits per heavy atom. The van der Waals surface area contributed by atoms with Crippen LogP contribution in [0.3, 0.4) is 0 Å². The Bertz CT molecular complexity index is 1150. The molecule has 0 aliphatic carbocycles. The Labute approximate surface area is 117 Å². The third-order valence-electron chi connectivity index (χ3n) is 16.6. The van der Waals surface area contributed by atoms with Crippen LogP contribution in [0.25, 0.3) is 0 Å². The van der Waals surface area contributed by atoms with Crippen molar-refractivity contribution in [3.8, 4) is 0 Å². The normalized spacial score (nSPS) is 99.5. The van der Waals surface area contributed by atoms with E-state index >= 15 is 0 Å². The van der Waals surface area contributed by atoms with Crippen LogP contribution in [0.5, 0.6) is 0 Å². The van der Waals surface area contributed by atoms with Gasteiger partial charge in [0.2, 0.25) is 0 Å². The zero-order valence-corrected chi connectivity index (χ0v) is 14.5. The molecule has 5 atom stereocenters. The number of rotatable bonds is 3. The van der Waals surface area contributed by atoms with E-state index in [-0.39, 0.29) is 0 Å². The van der Waals surface area contributed by atoms with Crippen molar-refractivity contribution < 1.29 is 6.51 Å². The Morgan fingerprint density at radius 2 is 1.48 bits per heavy atom. The summed E-state index contributed by atoms with van der Waals surface area (Å²) in [5.74, 6) is 0.724. The van der Waals surface area contributed by atoms with Crippen LogP contribution in [0.4, 0.5) is 0 Å². The molecule has 2 heteroatoms. The van der Waals surface area contributed by atoms with E-state index in [0.717, 1.165) is 9.97 Å². The van der Waals surface area contributed by atoms with Gasteiger partial charge in [0.05, 0.1) is 0 Å². The van der Waals surface area contributed by atoms with Gasteiger partial charge in [-0.3, -0.25) is 0 Å². The van der Waals surface area contributed by atoms with Gasteiger partial charge in [-0.2, -0.15) is 0 Å². The first-order valence-electron chi connectivity index (χ1n) is 9.03. The van der Waals surface area contributed by atoms with E-state index in [1.54, 1.807) is 5.56 Å². The SMILES string of the molecule is CC(C)c1ccccc1P[C]12[CH]3[CH]4[CH]5[CH]1[Fe]45321678[CH]2[CH]1[CH]6[CH]7[CH]28. The molecule has 10 saturated heterocycles. The summed E-state index contributed by atoms with van der Waals surface area (Å²) >= 11 is 0. The van der Waals surface area contributed by atoms with Crippen LogP contribution in [0.15, 0.2) is 24.3 Å². The summed E-state index contributed by atoms with van der Waals surface area (Å²) in [5, 5.41) is 1.82. The molecule has 0 aromatic heterocycles. The molecule has 1 aromatic carbocycles. The quantitative estimate of drug-likeness (QED) is 0.511. The molecule has 21 heavy (non-hydrogen) atoms. The van der Waals surface area contributed by atoms with Crippen LogP contribution in [0, 0.1) is 0 Å². The molecule has 10 aliphatic rings. The van der Waals surface area contributed by atoms with E-state index in [0.29, 0.717) is 0 Å². The fourth-order valence-corrected chi connectivity index (χ4v) is 104. The number of fused-ring (bicyclic) bond motifs is 10. The summed E-state index contributed by atoms with van der Waals surface area (Å²) < 4.78 is 1.10. The van der Waals surface area contributed by atoms with Gasteiger partial charge in [-0.25, -0.2) is 0 Å². The zero-order chi connectivity index (χ0) is 13.3. The first-order valence-corrected chi connectivity index (χ1v) is 16.3. The first-order chi connectivity index (χ1) is 9.94. The molecule has 11 rings (SSSR count). The van der Waals surface area contributed by atoms with E-state index < -0.39 is 6.51 Å². The van der Waals surface area contributed by atoms with E-state index in [1.165, 1.54) is 51.9 Å². The second-order valence-electron chi connectivity index (χ2n) is 12.5. The van der Waals surface area contributed by atoms with Crippen LogP contribution >= 0.6 is 8.58 Å². The summed E-state index contributed by atoms with van der Waals surface area (Å²) in [4.78, 5) is 13.4. The van der Waals surface area contributed by atoms with Gasteiger partial charge in [-0.1, -0.05) is 0 Å². The third-order valence-corrected chi connectivity index (χ3v) is 65.1. The van der Waals surface area contributed by atoms with E-state index in [2.05, 4.69) is 38.1 Å². The van der Waals surface area contributed by atoms with Gasteiger partial charge in [-0.15, -0.1) is 0 Å². The minimum absolute atomic E-state index is 0.724. The summed E-state index contributed by atoms with van der Waals surface area (Å²) in [6, 6.07) is 9.58. The average molecular weight is 336 g/mol. The summed E-state index contributed by atoms with van der Waals surface area (Å²) in [5.41, 5.74) is 1.70. The van der Waals surface area contributed by atoms with Gasteiger partial charge in [0.1, 0.15) is 0 Å². The second kappa shape index (κ2) is 0.872. The van der Waals surface area contributed by atoms with Gasteiger partial charge in [0.25, 0.3) is 0 Å². The van der Waals surface area contributed by atoms with Crippen molar-refractivity contribution >= 4 is 13.9 Å². The molecular formula is C19H21FeP. The molecule has 0 nitrogen and oxygen atoms in total. The molecule has 0 N–H and O–H groups in total. The van der Waals surface area contributed by atoms with Gasteiger partial charge in [-0.05, 0) is 0 Å². The van der Waals surface area contributed by atoms with Crippen LogP contribution in [0.1, 0.15) is 25.3 Å². The standard InChI is InChI=1S/C14H16P.C5H5.Fe/c1-11(2)13-9-5-6-10-14(13)15-12-7-3-4-8-12;1-2-4-5-3-1;/h3-11,15H,1-2H3;1-5H;. The zero-order valence-electron chi connectivity index (χ0n) is 12.4. The second-order valence-corrected chi connectivity index (χ2v) is 38.2. The first kappa shape index (κ1) is 8.86. The van der Waals surface area contributed by atoms with Crippen LogP contribution in [0.2, 0.25) is 43.3 Å². The van der Waals surface area contributed by atoms with Gasteiger partial charge >= 0.3 is 117 Å². The minimum atomic E-state index is -2.82. The molecule has 1 spiro atoms. The van der Waals surface area contributed by atoms with Crippen molar-refractivity contribution in [2.24, 2.45) is 0 Å². The average Bonchev–Trinajstić information content (AvgIpc) is 3.42. The van der Waals surface area contributed by atoms with Crippen LogP contribution in [-0.2, 0) is 6.51 Å². The molecular weight excluding hydrogens is 315 g/mol. The molecule has 5 unspecified atom stereocenters. The fourth-order valence-electron chi connectivity index (χ4n) is 17.8. The Morgan fingerprint density at radius 1 is 0.905 bits per heavy atom. The van der Waals surface area contributed by atoms with E-state index in [1.807, 2.05) is 5.30 Å². The molecule has 110 valence electrons. The monoisotopic (exact) mass is 336 g/mol. The van der Waals surface area contributed by atoms with Crippen LogP contribution < -0.4 is 5.30 Å². The van der Waals surface area contributed by atoms with Crippen molar-refractivity contribution in [1.29, 1.82) is 0 Å². The molecule has 0 saturated carbocycles. The molecule has 10 aliphatic heterocycles. The predicted octanol–water partition coefficient (Wildman–Crippen LogP) is 5.41. The third kappa shape index (κ3) is 0.122. The molecule has 1 aromatic rings. The Balaban J connectivity index is 1.29.